The monoisotopic (exact) mass is 430 g/mol. The number of fused-ring (bicyclic) bond motifs is 1. The van der Waals surface area contributed by atoms with Gasteiger partial charge in [-0.15, -0.1) is 0 Å². The summed E-state index contributed by atoms with van der Waals surface area (Å²) in [7, 11) is 1.25. The first-order valence-electron chi connectivity index (χ1n) is 8.90. The van der Waals surface area contributed by atoms with Gasteiger partial charge >= 0.3 is 5.97 Å². The molecule has 0 saturated carbocycles. The molecular formula is C21H16Cl2N2O4. The van der Waals surface area contributed by atoms with Gasteiger partial charge in [-0.25, -0.2) is 4.68 Å². The van der Waals surface area contributed by atoms with Crippen molar-refractivity contribution in [2.24, 2.45) is 5.92 Å². The van der Waals surface area contributed by atoms with Gasteiger partial charge in [-0.1, -0.05) is 47.5 Å². The lowest BCUT2D eigenvalue weighted by atomic mass is 9.98. The van der Waals surface area contributed by atoms with Crippen molar-refractivity contribution in [1.29, 1.82) is 0 Å². The number of methoxy groups -OCH3 is 1. The Labute approximate surface area is 176 Å². The number of nitrogens with zero attached hydrogens (tertiary/aromatic N) is 2. The predicted octanol–water partition coefficient (Wildman–Crippen LogP) is 4.60. The molecule has 2 heterocycles. The highest BCUT2D eigenvalue weighted by Crippen LogP contribution is 2.40. The Hall–Kier alpha value is -2.83. The van der Waals surface area contributed by atoms with Crippen LogP contribution >= 0.6 is 23.2 Å². The van der Waals surface area contributed by atoms with E-state index in [0.717, 1.165) is 5.56 Å². The Bertz CT molecular complexity index is 1090. The van der Waals surface area contributed by atoms with Crippen LogP contribution < -0.4 is 4.74 Å². The molecule has 0 aliphatic carbocycles. The molecule has 3 aromatic rings. The summed E-state index contributed by atoms with van der Waals surface area (Å²) in [6.45, 7) is 0.174. The van der Waals surface area contributed by atoms with Gasteiger partial charge in [0, 0.05) is 17.0 Å². The van der Waals surface area contributed by atoms with Crippen molar-refractivity contribution in [2.45, 2.75) is 6.42 Å². The number of halogens is 2. The molecule has 0 amide bonds. The third-order valence-corrected chi connectivity index (χ3v) is 5.30. The molecule has 1 aliphatic rings. The SMILES string of the molecule is COC(=O)C1CCOc2c(nn(-c3ccccc3Cl)c2-c2ccc(Cl)cc2)C1=O. The number of ether oxygens (including phenoxy) is 2. The molecule has 0 spiro atoms. The molecule has 2 aromatic carbocycles. The van der Waals surface area contributed by atoms with E-state index in [0.29, 0.717) is 27.2 Å². The van der Waals surface area contributed by atoms with Gasteiger partial charge in [0.1, 0.15) is 11.6 Å². The lowest BCUT2D eigenvalue weighted by molar-refractivity contribution is -0.143. The number of rotatable bonds is 3. The number of carbonyl (C=O) groups is 2. The van der Waals surface area contributed by atoms with Gasteiger partial charge in [-0.3, -0.25) is 9.59 Å². The minimum atomic E-state index is -0.964. The molecular weight excluding hydrogens is 415 g/mol. The first-order chi connectivity index (χ1) is 14.0. The van der Waals surface area contributed by atoms with E-state index in [4.69, 9.17) is 32.7 Å². The normalized spacial score (nSPS) is 16.0. The zero-order chi connectivity index (χ0) is 20.5. The second-order valence-corrected chi connectivity index (χ2v) is 7.32. The van der Waals surface area contributed by atoms with E-state index in [1.165, 1.54) is 7.11 Å². The van der Waals surface area contributed by atoms with E-state index in [2.05, 4.69) is 5.10 Å². The van der Waals surface area contributed by atoms with E-state index < -0.39 is 17.7 Å². The lowest BCUT2D eigenvalue weighted by Gasteiger charge is -2.12. The number of carbonyl (C=O) groups excluding carboxylic acids is 2. The highest BCUT2D eigenvalue weighted by molar-refractivity contribution is 6.32. The fraction of sp³-hybridized carbons (Fsp3) is 0.190. The first kappa shape index (κ1) is 19.5. The highest BCUT2D eigenvalue weighted by atomic mass is 35.5. The van der Waals surface area contributed by atoms with Crippen molar-refractivity contribution in [3.63, 3.8) is 0 Å². The molecule has 8 heteroatoms. The number of hydrogen-bond donors (Lipinski definition) is 0. The van der Waals surface area contributed by atoms with Crippen LogP contribution in [0.2, 0.25) is 10.0 Å². The first-order valence-corrected chi connectivity index (χ1v) is 9.65. The van der Waals surface area contributed by atoms with Crippen LogP contribution in [0.3, 0.4) is 0 Å². The second kappa shape index (κ2) is 7.89. The van der Waals surface area contributed by atoms with Crippen LogP contribution in [-0.2, 0) is 9.53 Å². The average molecular weight is 431 g/mol. The quantitative estimate of drug-likeness (QED) is 0.448. The van der Waals surface area contributed by atoms with Crippen molar-refractivity contribution in [2.75, 3.05) is 13.7 Å². The fourth-order valence-electron chi connectivity index (χ4n) is 3.30. The number of para-hydroxylation sites is 1. The van der Waals surface area contributed by atoms with Gasteiger partial charge in [0.2, 0.25) is 5.78 Å². The fourth-order valence-corrected chi connectivity index (χ4v) is 3.64. The van der Waals surface area contributed by atoms with Crippen LogP contribution in [0, 0.1) is 5.92 Å². The zero-order valence-corrected chi connectivity index (χ0v) is 16.9. The standard InChI is InChI=1S/C21H16Cl2N2O4/c1-28-21(27)14-10-11-29-20-17(19(14)26)24-25(16-5-3-2-4-15(16)23)18(20)12-6-8-13(22)9-7-12/h2-9,14H,10-11H2,1H3. The number of esters is 1. The minimum Gasteiger partial charge on any atom is -0.489 e. The molecule has 0 bridgehead atoms. The maximum atomic E-state index is 13.1. The summed E-state index contributed by atoms with van der Waals surface area (Å²) in [6, 6.07) is 14.2. The summed E-state index contributed by atoms with van der Waals surface area (Å²) in [6.07, 6.45) is 0.216. The van der Waals surface area contributed by atoms with E-state index in [1.54, 1.807) is 35.0 Å². The minimum absolute atomic E-state index is 0.0720. The molecule has 6 nitrogen and oxygen atoms in total. The molecule has 4 rings (SSSR count). The molecule has 1 unspecified atom stereocenters. The third kappa shape index (κ3) is 3.50. The highest BCUT2D eigenvalue weighted by Gasteiger charge is 2.37. The van der Waals surface area contributed by atoms with Gasteiger partial charge in [-0.2, -0.15) is 5.10 Å². The van der Waals surface area contributed by atoms with Crippen molar-refractivity contribution in [3.8, 4) is 22.7 Å². The Kier molecular flexibility index (Phi) is 5.30. The Balaban J connectivity index is 1.96. The largest absolute Gasteiger partial charge is 0.489 e. The van der Waals surface area contributed by atoms with Crippen LogP contribution in [0.15, 0.2) is 48.5 Å². The number of benzene rings is 2. The number of aromatic nitrogens is 2. The van der Waals surface area contributed by atoms with Gasteiger partial charge < -0.3 is 9.47 Å². The van der Waals surface area contributed by atoms with Crippen molar-refractivity contribution in [3.05, 3.63) is 64.3 Å². The van der Waals surface area contributed by atoms with E-state index in [1.807, 2.05) is 18.2 Å². The molecule has 148 valence electrons. The Morgan fingerprint density at radius 1 is 1.17 bits per heavy atom. The molecule has 1 aliphatic heterocycles. The number of hydrogen-bond acceptors (Lipinski definition) is 5. The molecule has 1 aromatic heterocycles. The summed E-state index contributed by atoms with van der Waals surface area (Å²) in [5.74, 6) is -1.70. The van der Waals surface area contributed by atoms with Crippen LogP contribution in [0.4, 0.5) is 0 Å². The molecule has 29 heavy (non-hydrogen) atoms. The lowest BCUT2D eigenvalue weighted by Crippen LogP contribution is -2.26. The Morgan fingerprint density at radius 2 is 1.90 bits per heavy atom. The van der Waals surface area contributed by atoms with E-state index >= 15 is 0 Å². The maximum Gasteiger partial charge on any atom is 0.316 e. The zero-order valence-electron chi connectivity index (χ0n) is 15.4. The van der Waals surface area contributed by atoms with E-state index in [9.17, 15) is 9.59 Å². The van der Waals surface area contributed by atoms with Gasteiger partial charge in [0.15, 0.2) is 11.4 Å². The number of Topliss-reactive ketones (excluding diaryl/α,β-unsaturated/α-hetero) is 1. The summed E-state index contributed by atoms with van der Waals surface area (Å²) in [5.41, 5.74) is 1.96. The summed E-state index contributed by atoms with van der Waals surface area (Å²) in [5, 5.41) is 5.54. The summed E-state index contributed by atoms with van der Waals surface area (Å²) in [4.78, 5) is 25.2. The molecule has 0 fully saturated rings. The predicted molar refractivity (Wildman–Crippen MR) is 109 cm³/mol. The summed E-state index contributed by atoms with van der Waals surface area (Å²) >= 11 is 12.4. The van der Waals surface area contributed by atoms with Crippen LogP contribution in [0.1, 0.15) is 16.9 Å². The van der Waals surface area contributed by atoms with Crippen molar-refractivity contribution >= 4 is 35.0 Å². The number of ketones is 1. The summed E-state index contributed by atoms with van der Waals surface area (Å²) < 4.78 is 12.3. The molecule has 0 N–H and O–H groups in total. The topological polar surface area (TPSA) is 70.4 Å². The van der Waals surface area contributed by atoms with Gasteiger partial charge in [0.05, 0.1) is 24.4 Å². The van der Waals surface area contributed by atoms with Crippen LogP contribution in [-0.4, -0.2) is 35.2 Å². The Morgan fingerprint density at radius 3 is 2.59 bits per heavy atom. The van der Waals surface area contributed by atoms with Crippen LogP contribution in [0.5, 0.6) is 5.75 Å². The smallest absolute Gasteiger partial charge is 0.316 e. The molecule has 1 atom stereocenters. The second-order valence-electron chi connectivity index (χ2n) is 6.47. The molecule has 0 radical (unpaired) electrons. The third-order valence-electron chi connectivity index (χ3n) is 4.73. The maximum absolute atomic E-state index is 13.1. The van der Waals surface area contributed by atoms with E-state index in [-0.39, 0.29) is 18.7 Å². The van der Waals surface area contributed by atoms with Gasteiger partial charge in [-0.05, 0) is 24.3 Å². The van der Waals surface area contributed by atoms with Crippen molar-refractivity contribution in [1.82, 2.24) is 9.78 Å². The molecule has 0 saturated heterocycles. The average Bonchev–Trinajstić information content (AvgIpc) is 3.02. The van der Waals surface area contributed by atoms with Crippen LogP contribution in [0.25, 0.3) is 16.9 Å². The van der Waals surface area contributed by atoms with Crippen molar-refractivity contribution < 1.29 is 19.1 Å². The van der Waals surface area contributed by atoms with Gasteiger partial charge in [0.25, 0.3) is 0 Å².